The second-order valence-electron chi connectivity index (χ2n) is 6.69. The minimum atomic E-state index is 0.0404. The standard InChI is InChI=1S/C19H24N4O/c1-12(2)6-16(20)11-24-17-7-15(9-21-10-17)14-4-5-19-18(8-14)13(3)22-23-19/h4-5,7-10,12,16H,6,11,20H2,1-3H3,(H,22,23)/t16-/m1/s1. The number of nitrogens with two attached hydrogens (primary N) is 1. The van der Waals surface area contributed by atoms with Crippen LogP contribution in [0.3, 0.4) is 0 Å². The van der Waals surface area contributed by atoms with Crippen LogP contribution in [0.4, 0.5) is 0 Å². The molecular weight excluding hydrogens is 300 g/mol. The van der Waals surface area contributed by atoms with Crippen LogP contribution in [0.5, 0.6) is 5.75 Å². The molecule has 2 heterocycles. The van der Waals surface area contributed by atoms with Crippen LogP contribution in [-0.2, 0) is 0 Å². The Labute approximate surface area is 142 Å². The second-order valence-corrected chi connectivity index (χ2v) is 6.69. The highest BCUT2D eigenvalue weighted by atomic mass is 16.5. The van der Waals surface area contributed by atoms with E-state index in [4.69, 9.17) is 10.5 Å². The Kier molecular flexibility index (Phi) is 4.81. The fraction of sp³-hybridized carbons (Fsp3) is 0.368. The lowest BCUT2D eigenvalue weighted by atomic mass is 10.0. The molecule has 0 aliphatic rings. The fourth-order valence-electron chi connectivity index (χ4n) is 2.85. The molecule has 1 aromatic carbocycles. The molecule has 0 fully saturated rings. The molecule has 0 aliphatic carbocycles. The number of hydrogen-bond donors (Lipinski definition) is 2. The lowest BCUT2D eigenvalue weighted by Crippen LogP contribution is -2.29. The molecular formula is C19H24N4O. The van der Waals surface area contributed by atoms with Gasteiger partial charge in [-0.3, -0.25) is 10.1 Å². The Morgan fingerprint density at radius 3 is 2.79 bits per heavy atom. The number of rotatable bonds is 6. The molecule has 24 heavy (non-hydrogen) atoms. The number of pyridine rings is 1. The summed E-state index contributed by atoms with van der Waals surface area (Å²) in [5.41, 5.74) is 10.2. The molecule has 3 rings (SSSR count). The minimum Gasteiger partial charge on any atom is -0.490 e. The van der Waals surface area contributed by atoms with Crippen LogP contribution in [0, 0.1) is 12.8 Å². The van der Waals surface area contributed by atoms with E-state index in [9.17, 15) is 0 Å². The number of ether oxygens (including phenoxy) is 1. The first kappa shape index (κ1) is 16.5. The van der Waals surface area contributed by atoms with E-state index in [-0.39, 0.29) is 6.04 Å². The lowest BCUT2D eigenvalue weighted by Gasteiger charge is -2.15. The van der Waals surface area contributed by atoms with Gasteiger partial charge in [0, 0.05) is 28.9 Å². The number of hydrogen-bond acceptors (Lipinski definition) is 4. The topological polar surface area (TPSA) is 76.8 Å². The van der Waals surface area contributed by atoms with Gasteiger partial charge in [0.05, 0.1) is 11.7 Å². The van der Waals surface area contributed by atoms with Gasteiger partial charge in [0.2, 0.25) is 0 Å². The van der Waals surface area contributed by atoms with Crippen molar-refractivity contribution in [1.29, 1.82) is 0 Å². The summed E-state index contributed by atoms with van der Waals surface area (Å²) >= 11 is 0. The van der Waals surface area contributed by atoms with Crippen molar-refractivity contribution < 1.29 is 4.74 Å². The Bertz CT molecular complexity index is 825. The zero-order valence-electron chi connectivity index (χ0n) is 14.4. The van der Waals surface area contributed by atoms with Crippen LogP contribution in [0.2, 0.25) is 0 Å². The van der Waals surface area contributed by atoms with E-state index >= 15 is 0 Å². The number of nitrogens with one attached hydrogen (secondary N) is 1. The van der Waals surface area contributed by atoms with Gasteiger partial charge in [-0.15, -0.1) is 0 Å². The summed E-state index contributed by atoms with van der Waals surface area (Å²) in [6.07, 6.45) is 4.52. The normalized spacial score (nSPS) is 12.7. The number of H-pyrrole nitrogens is 1. The largest absolute Gasteiger partial charge is 0.490 e. The van der Waals surface area contributed by atoms with Crippen molar-refractivity contribution >= 4 is 10.9 Å². The first-order valence-corrected chi connectivity index (χ1v) is 8.31. The molecule has 0 radical (unpaired) electrons. The highest BCUT2D eigenvalue weighted by Gasteiger charge is 2.09. The van der Waals surface area contributed by atoms with Crippen LogP contribution in [0.25, 0.3) is 22.0 Å². The van der Waals surface area contributed by atoms with Gasteiger partial charge in [-0.05, 0) is 43.0 Å². The number of fused-ring (bicyclic) bond motifs is 1. The highest BCUT2D eigenvalue weighted by molar-refractivity contribution is 5.86. The zero-order valence-corrected chi connectivity index (χ0v) is 14.4. The summed E-state index contributed by atoms with van der Waals surface area (Å²) in [5, 5.41) is 8.40. The van der Waals surface area contributed by atoms with Gasteiger partial charge >= 0.3 is 0 Å². The minimum absolute atomic E-state index is 0.0404. The van der Waals surface area contributed by atoms with Gasteiger partial charge < -0.3 is 10.5 Å². The monoisotopic (exact) mass is 324 g/mol. The maximum atomic E-state index is 6.08. The van der Waals surface area contributed by atoms with Crippen molar-refractivity contribution in [2.75, 3.05) is 6.61 Å². The van der Waals surface area contributed by atoms with Crippen molar-refractivity contribution in [2.45, 2.75) is 33.2 Å². The fourth-order valence-corrected chi connectivity index (χ4v) is 2.85. The van der Waals surface area contributed by atoms with E-state index in [1.807, 2.05) is 31.3 Å². The van der Waals surface area contributed by atoms with E-state index in [1.54, 1.807) is 6.20 Å². The van der Waals surface area contributed by atoms with E-state index < -0.39 is 0 Å². The number of nitrogens with zero attached hydrogens (tertiary/aromatic N) is 2. The maximum absolute atomic E-state index is 6.08. The quantitative estimate of drug-likeness (QED) is 0.725. The third-order valence-electron chi connectivity index (χ3n) is 4.03. The molecule has 0 aliphatic heterocycles. The number of aromatic amines is 1. The highest BCUT2D eigenvalue weighted by Crippen LogP contribution is 2.27. The molecule has 2 aromatic heterocycles. The Morgan fingerprint density at radius 2 is 2.00 bits per heavy atom. The Hall–Kier alpha value is -2.40. The number of aryl methyl sites for hydroxylation is 1. The van der Waals surface area contributed by atoms with Crippen LogP contribution >= 0.6 is 0 Å². The van der Waals surface area contributed by atoms with Crippen LogP contribution in [0.15, 0.2) is 36.7 Å². The molecule has 0 saturated heterocycles. The third kappa shape index (κ3) is 3.74. The third-order valence-corrected chi connectivity index (χ3v) is 4.03. The average Bonchev–Trinajstić information content (AvgIpc) is 2.93. The number of benzene rings is 1. The predicted molar refractivity (Wildman–Crippen MR) is 97.0 cm³/mol. The van der Waals surface area contributed by atoms with E-state index in [2.05, 4.69) is 35.1 Å². The van der Waals surface area contributed by atoms with Crippen molar-refractivity contribution in [3.63, 3.8) is 0 Å². The van der Waals surface area contributed by atoms with Gasteiger partial charge in [-0.25, -0.2) is 0 Å². The van der Waals surface area contributed by atoms with Crippen molar-refractivity contribution in [3.8, 4) is 16.9 Å². The summed E-state index contributed by atoms with van der Waals surface area (Å²) in [4.78, 5) is 4.30. The maximum Gasteiger partial charge on any atom is 0.138 e. The van der Waals surface area contributed by atoms with Crippen LogP contribution in [0.1, 0.15) is 26.0 Å². The van der Waals surface area contributed by atoms with Gasteiger partial charge in [0.25, 0.3) is 0 Å². The molecule has 5 nitrogen and oxygen atoms in total. The Morgan fingerprint density at radius 1 is 1.17 bits per heavy atom. The van der Waals surface area contributed by atoms with E-state index in [1.165, 1.54) is 0 Å². The van der Waals surface area contributed by atoms with Gasteiger partial charge in [0.15, 0.2) is 0 Å². The van der Waals surface area contributed by atoms with Gasteiger partial charge in [-0.2, -0.15) is 5.10 Å². The van der Waals surface area contributed by atoms with Crippen molar-refractivity contribution in [3.05, 3.63) is 42.4 Å². The number of aromatic nitrogens is 3. The van der Waals surface area contributed by atoms with Crippen molar-refractivity contribution in [2.24, 2.45) is 11.7 Å². The summed E-state index contributed by atoms with van der Waals surface area (Å²) in [6.45, 7) is 6.85. The molecule has 5 heteroatoms. The van der Waals surface area contributed by atoms with Crippen LogP contribution in [-0.4, -0.2) is 27.8 Å². The summed E-state index contributed by atoms with van der Waals surface area (Å²) < 4.78 is 5.82. The average molecular weight is 324 g/mol. The Balaban J connectivity index is 1.77. The zero-order chi connectivity index (χ0) is 17.1. The van der Waals surface area contributed by atoms with Gasteiger partial charge in [0.1, 0.15) is 12.4 Å². The van der Waals surface area contributed by atoms with Crippen molar-refractivity contribution in [1.82, 2.24) is 15.2 Å². The molecule has 0 spiro atoms. The first-order valence-electron chi connectivity index (χ1n) is 8.31. The van der Waals surface area contributed by atoms with E-state index in [0.29, 0.717) is 12.5 Å². The smallest absolute Gasteiger partial charge is 0.138 e. The summed E-state index contributed by atoms with van der Waals surface area (Å²) in [5.74, 6) is 1.31. The molecule has 0 saturated carbocycles. The molecule has 0 bridgehead atoms. The van der Waals surface area contributed by atoms with E-state index in [0.717, 1.165) is 39.9 Å². The predicted octanol–water partition coefficient (Wildman–Crippen LogP) is 3.69. The lowest BCUT2D eigenvalue weighted by molar-refractivity contribution is 0.270. The molecule has 0 amide bonds. The second kappa shape index (κ2) is 7.01. The SMILES string of the molecule is Cc1[nH]nc2ccc(-c3cncc(OC[C@H](N)CC(C)C)c3)cc12. The summed E-state index contributed by atoms with van der Waals surface area (Å²) in [6, 6.07) is 8.23. The van der Waals surface area contributed by atoms with Gasteiger partial charge in [-0.1, -0.05) is 19.9 Å². The molecule has 3 aromatic rings. The molecule has 3 N–H and O–H groups in total. The van der Waals surface area contributed by atoms with Crippen LogP contribution < -0.4 is 10.5 Å². The first-order chi connectivity index (χ1) is 11.5. The molecule has 126 valence electrons. The summed E-state index contributed by atoms with van der Waals surface area (Å²) in [7, 11) is 0. The molecule has 0 unspecified atom stereocenters. The molecule has 1 atom stereocenters.